The lowest BCUT2D eigenvalue weighted by Gasteiger charge is -2.41. The number of hydrogen-bond donors (Lipinski definition) is 1. The smallest absolute Gasteiger partial charge is 0.312 e. The van der Waals surface area contributed by atoms with Gasteiger partial charge in [0.1, 0.15) is 11.6 Å². The molecule has 202 valence electrons. The standard InChI is InChI=1S/C28H37BrN2O6/c1-7-12-30(22-16(5)10-9-11-17(22)6)26(34)24-28-13-18(29)23(37-28)20(27(35)36-8-2)21(28)25(33)31(24)19(14-32)15(3)4/h7,9-11,15,18-21,23-24,32H,1,8,12-14H2,2-6H3/t18?,19-,20-,21+,23-,24-,28+/m0/s1. The highest BCUT2D eigenvalue weighted by Crippen LogP contribution is 2.61. The van der Waals surface area contributed by atoms with Crippen LogP contribution in [0.4, 0.5) is 5.69 Å². The number of amides is 2. The molecule has 0 radical (unpaired) electrons. The number of anilines is 1. The first-order valence-corrected chi connectivity index (χ1v) is 13.9. The zero-order valence-corrected chi connectivity index (χ0v) is 23.7. The molecule has 2 amide bonds. The fourth-order valence-corrected chi connectivity index (χ4v) is 7.57. The summed E-state index contributed by atoms with van der Waals surface area (Å²) >= 11 is 3.67. The maximum Gasteiger partial charge on any atom is 0.312 e. The maximum atomic E-state index is 14.7. The van der Waals surface area contributed by atoms with E-state index in [1.54, 1.807) is 17.9 Å². The highest BCUT2D eigenvalue weighted by atomic mass is 79.9. The van der Waals surface area contributed by atoms with Gasteiger partial charge in [0.25, 0.3) is 5.91 Å². The molecule has 1 aromatic rings. The number of esters is 1. The molecule has 1 unspecified atom stereocenters. The number of fused-ring (bicyclic) bond motifs is 1. The number of carbonyl (C=O) groups is 3. The molecule has 9 heteroatoms. The van der Waals surface area contributed by atoms with Crippen LogP contribution in [0.2, 0.25) is 0 Å². The molecule has 8 nitrogen and oxygen atoms in total. The predicted octanol–water partition coefficient (Wildman–Crippen LogP) is 3.15. The molecule has 0 saturated carbocycles. The predicted molar refractivity (Wildman–Crippen MR) is 143 cm³/mol. The molecule has 1 N–H and O–H groups in total. The van der Waals surface area contributed by atoms with Crippen molar-refractivity contribution in [2.24, 2.45) is 17.8 Å². The molecule has 37 heavy (non-hydrogen) atoms. The number of aliphatic hydroxyl groups excluding tert-OH is 1. The summed E-state index contributed by atoms with van der Waals surface area (Å²) < 4.78 is 11.9. The van der Waals surface area contributed by atoms with Gasteiger partial charge in [0, 0.05) is 17.1 Å². The van der Waals surface area contributed by atoms with Crippen molar-refractivity contribution in [1.82, 2.24) is 4.90 Å². The average Bonchev–Trinajstić information content (AvgIpc) is 3.42. The van der Waals surface area contributed by atoms with E-state index in [0.717, 1.165) is 16.8 Å². The molecule has 3 aliphatic heterocycles. The number of hydrogen-bond acceptors (Lipinski definition) is 6. The Kier molecular flexibility index (Phi) is 7.89. The van der Waals surface area contributed by atoms with E-state index in [1.165, 1.54) is 4.90 Å². The highest BCUT2D eigenvalue weighted by Gasteiger charge is 2.77. The molecule has 3 fully saturated rings. The molecular weight excluding hydrogens is 540 g/mol. The fourth-order valence-electron chi connectivity index (χ4n) is 6.63. The van der Waals surface area contributed by atoms with Crippen molar-refractivity contribution in [2.75, 3.05) is 24.7 Å². The van der Waals surface area contributed by atoms with Gasteiger partial charge in [-0.1, -0.05) is 54.1 Å². The Balaban J connectivity index is 1.89. The number of para-hydroxylation sites is 1. The Hall–Kier alpha value is -2.23. The molecule has 7 atom stereocenters. The Labute approximate surface area is 227 Å². The Morgan fingerprint density at radius 1 is 1.35 bits per heavy atom. The Morgan fingerprint density at radius 3 is 2.54 bits per heavy atom. The minimum Gasteiger partial charge on any atom is -0.466 e. The molecular formula is C28H37BrN2O6. The van der Waals surface area contributed by atoms with Crippen LogP contribution in [-0.4, -0.2) is 76.2 Å². The number of ether oxygens (including phenoxy) is 2. The second-order valence-electron chi connectivity index (χ2n) is 10.6. The third-order valence-corrected chi connectivity index (χ3v) is 8.97. The van der Waals surface area contributed by atoms with Crippen LogP contribution in [0.5, 0.6) is 0 Å². The van der Waals surface area contributed by atoms with Gasteiger partial charge < -0.3 is 24.4 Å². The minimum absolute atomic E-state index is 0.134. The van der Waals surface area contributed by atoms with Crippen LogP contribution in [0.1, 0.15) is 38.3 Å². The van der Waals surface area contributed by atoms with Gasteiger partial charge in [0.05, 0.1) is 37.2 Å². The zero-order chi connectivity index (χ0) is 27.2. The number of rotatable bonds is 9. The van der Waals surface area contributed by atoms with Crippen molar-refractivity contribution in [3.63, 3.8) is 0 Å². The van der Waals surface area contributed by atoms with E-state index < -0.39 is 41.6 Å². The highest BCUT2D eigenvalue weighted by molar-refractivity contribution is 9.09. The second kappa shape index (κ2) is 10.5. The largest absolute Gasteiger partial charge is 0.466 e. The monoisotopic (exact) mass is 576 g/mol. The van der Waals surface area contributed by atoms with Gasteiger partial charge in [0.15, 0.2) is 0 Å². The fraction of sp³-hybridized carbons (Fsp3) is 0.607. The minimum atomic E-state index is -1.22. The van der Waals surface area contributed by atoms with Gasteiger partial charge in [-0.25, -0.2) is 0 Å². The summed E-state index contributed by atoms with van der Waals surface area (Å²) in [6, 6.07) is 4.18. The van der Waals surface area contributed by atoms with Crippen LogP contribution in [0.15, 0.2) is 30.9 Å². The Morgan fingerprint density at radius 2 is 2.00 bits per heavy atom. The number of likely N-dealkylation sites (tertiary alicyclic amines) is 1. The van der Waals surface area contributed by atoms with Crippen molar-refractivity contribution in [3.8, 4) is 0 Å². The van der Waals surface area contributed by atoms with Crippen LogP contribution in [-0.2, 0) is 23.9 Å². The lowest BCUT2D eigenvalue weighted by atomic mass is 9.70. The number of aryl methyl sites for hydroxylation is 2. The third-order valence-electron chi connectivity index (χ3n) is 8.12. The van der Waals surface area contributed by atoms with E-state index in [0.29, 0.717) is 6.42 Å². The van der Waals surface area contributed by atoms with Crippen molar-refractivity contribution in [3.05, 3.63) is 42.0 Å². The number of nitrogens with zero attached hydrogens (tertiary/aromatic N) is 2. The first-order chi connectivity index (χ1) is 17.5. The van der Waals surface area contributed by atoms with Crippen molar-refractivity contribution < 1.29 is 29.0 Å². The summed E-state index contributed by atoms with van der Waals surface area (Å²) in [6.07, 6.45) is 1.47. The van der Waals surface area contributed by atoms with Gasteiger partial charge in [-0.3, -0.25) is 14.4 Å². The molecule has 1 spiro atoms. The zero-order valence-electron chi connectivity index (χ0n) is 22.1. The number of alkyl halides is 1. The van der Waals surface area contributed by atoms with E-state index in [9.17, 15) is 19.5 Å². The maximum absolute atomic E-state index is 14.7. The van der Waals surface area contributed by atoms with Gasteiger partial charge in [-0.05, 0) is 44.2 Å². The quantitative estimate of drug-likeness (QED) is 0.275. The summed E-state index contributed by atoms with van der Waals surface area (Å²) in [4.78, 5) is 44.9. The summed E-state index contributed by atoms with van der Waals surface area (Å²) in [5.74, 6) is -2.97. The summed E-state index contributed by atoms with van der Waals surface area (Å²) in [5, 5.41) is 10.4. The van der Waals surface area contributed by atoms with Gasteiger partial charge in [-0.15, -0.1) is 6.58 Å². The summed E-state index contributed by atoms with van der Waals surface area (Å²) in [6.45, 7) is 13.4. The van der Waals surface area contributed by atoms with E-state index >= 15 is 0 Å². The Bertz CT molecular complexity index is 1070. The number of halogens is 1. The van der Waals surface area contributed by atoms with Crippen LogP contribution < -0.4 is 4.90 Å². The molecule has 0 aromatic heterocycles. The van der Waals surface area contributed by atoms with Crippen LogP contribution >= 0.6 is 15.9 Å². The van der Waals surface area contributed by atoms with Crippen molar-refractivity contribution in [1.29, 1.82) is 0 Å². The molecule has 1 aromatic carbocycles. The van der Waals surface area contributed by atoms with E-state index in [1.807, 2.05) is 45.9 Å². The van der Waals surface area contributed by atoms with Crippen LogP contribution in [0.3, 0.4) is 0 Å². The third kappa shape index (κ3) is 4.23. The van der Waals surface area contributed by atoms with E-state index in [-0.39, 0.29) is 42.3 Å². The average molecular weight is 578 g/mol. The van der Waals surface area contributed by atoms with Gasteiger partial charge >= 0.3 is 5.97 Å². The summed E-state index contributed by atoms with van der Waals surface area (Å²) in [5.41, 5.74) is 1.38. The molecule has 3 heterocycles. The first kappa shape index (κ1) is 27.8. The number of carbonyl (C=O) groups excluding carboxylic acids is 3. The molecule has 4 rings (SSSR count). The lowest BCUT2D eigenvalue weighted by molar-refractivity contribution is -0.155. The van der Waals surface area contributed by atoms with Crippen LogP contribution in [0.25, 0.3) is 0 Å². The SMILES string of the molecule is C=CCN(C(=O)[C@@H]1N([C@@H](CO)C(C)C)C(=O)[C@H]2[C@H](C(=O)OCC)[C@H]3O[C@@]12CC3Br)c1c(C)cccc1C. The van der Waals surface area contributed by atoms with Crippen molar-refractivity contribution >= 4 is 39.4 Å². The van der Waals surface area contributed by atoms with Gasteiger partial charge in [-0.2, -0.15) is 0 Å². The lowest BCUT2D eigenvalue weighted by Crippen LogP contribution is -2.60. The first-order valence-electron chi connectivity index (χ1n) is 13.0. The molecule has 0 aliphatic carbocycles. The molecule has 3 aliphatic rings. The number of aliphatic hydroxyl groups is 1. The molecule has 2 bridgehead atoms. The second-order valence-corrected chi connectivity index (χ2v) is 11.8. The summed E-state index contributed by atoms with van der Waals surface area (Å²) in [7, 11) is 0. The van der Waals surface area contributed by atoms with E-state index in [4.69, 9.17) is 9.47 Å². The van der Waals surface area contributed by atoms with Crippen LogP contribution in [0, 0.1) is 31.6 Å². The number of benzene rings is 1. The van der Waals surface area contributed by atoms with E-state index in [2.05, 4.69) is 22.5 Å². The molecule has 3 saturated heterocycles. The van der Waals surface area contributed by atoms with Crippen molar-refractivity contribution in [2.45, 2.75) is 69.7 Å². The van der Waals surface area contributed by atoms with Gasteiger partial charge in [0.2, 0.25) is 5.91 Å². The normalized spacial score (nSPS) is 31.0. The topological polar surface area (TPSA) is 96.4 Å².